The fraction of sp³-hybridized carbons (Fsp3) is 0.200. The zero-order valence-corrected chi connectivity index (χ0v) is 10.8. The molecular weight excluding hydrogens is 256 g/mol. The maximum Gasteiger partial charge on any atom is 0.335 e. The number of nitrogen functional groups attached to an aromatic ring is 1. The number of fused-ring (bicyclic) bond motifs is 1. The largest absolute Gasteiger partial charge is 0.430 e. The van der Waals surface area contributed by atoms with E-state index in [0.29, 0.717) is 5.56 Å². The number of hydrogen-bond acceptors (Lipinski definition) is 4. The molecule has 5 nitrogen and oxygen atoms in total. The number of anilines is 1. The molecule has 5 heteroatoms. The highest BCUT2D eigenvalue weighted by molar-refractivity contribution is 5.94. The number of amides is 1. The second-order valence-electron chi connectivity index (χ2n) is 4.87. The molecule has 1 unspecified atom stereocenters. The molecular formula is C15H14N2O3. The lowest BCUT2D eigenvalue weighted by molar-refractivity contribution is 0.0934. The van der Waals surface area contributed by atoms with Crippen LogP contribution in [0.5, 0.6) is 0 Å². The number of hydrogen-bond donors (Lipinski definition) is 2. The van der Waals surface area contributed by atoms with Crippen LogP contribution in [0.3, 0.4) is 0 Å². The van der Waals surface area contributed by atoms with E-state index in [1.807, 2.05) is 18.2 Å². The second-order valence-corrected chi connectivity index (χ2v) is 4.87. The van der Waals surface area contributed by atoms with E-state index in [0.717, 1.165) is 24.1 Å². The van der Waals surface area contributed by atoms with Gasteiger partial charge in [-0.05, 0) is 42.2 Å². The van der Waals surface area contributed by atoms with E-state index < -0.39 is 5.63 Å². The molecule has 0 bridgehead atoms. The third-order valence-corrected chi connectivity index (χ3v) is 3.51. The molecule has 1 aromatic carbocycles. The summed E-state index contributed by atoms with van der Waals surface area (Å²) >= 11 is 0. The summed E-state index contributed by atoms with van der Waals surface area (Å²) in [6.45, 7) is 0. The van der Waals surface area contributed by atoms with Gasteiger partial charge in [0.25, 0.3) is 5.91 Å². The molecule has 1 aliphatic rings. The Hall–Kier alpha value is -2.56. The number of benzene rings is 1. The normalized spacial score (nSPS) is 16.7. The molecule has 20 heavy (non-hydrogen) atoms. The van der Waals surface area contributed by atoms with Gasteiger partial charge >= 0.3 is 5.63 Å². The van der Waals surface area contributed by atoms with Gasteiger partial charge in [0.05, 0.1) is 11.6 Å². The average Bonchev–Trinajstić information content (AvgIpc) is 2.81. The predicted octanol–water partition coefficient (Wildman–Crippen LogP) is 1.64. The Kier molecular flexibility index (Phi) is 3.02. The van der Waals surface area contributed by atoms with Crippen LogP contribution in [-0.2, 0) is 6.42 Å². The summed E-state index contributed by atoms with van der Waals surface area (Å²) in [5.74, 6) is -0.247. The van der Waals surface area contributed by atoms with Gasteiger partial charge in [-0.2, -0.15) is 0 Å². The number of nitrogens with one attached hydrogen (secondary N) is 1. The Bertz CT molecular complexity index is 701. The molecule has 0 saturated carbocycles. The number of carbonyl (C=O) groups is 1. The molecule has 1 atom stereocenters. The van der Waals surface area contributed by atoms with Crippen molar-refractivity contribution in [2.75, 3.05) is 5.73 Å². The smallest absolute Gasteiger partial charge is 0.335 e. The molecule has 102 valence electrons. The van der Waals surface area contributed by atoms with E-state index in [9.17, 15) is 9.59 Å². The van der Waals surface area contributed by atoms with Gasteiger partial charge in [0.2, 0.25) is 0 Å². The Morgan fingerprint density at radius 1 is 1.30 bits per heavy atom. The highest BCUT2D eigenvalue weighted by atomic mass is 16.4. The highest BCUT2D eigenvalue weighted by Crippen LogP contribution is 2.32. The Labute approximate surface area is 115 Å². The average molecular weight is 270 g/mol. The van der Waals surface area contributed by atoms with E-state index in [4.69, 9.17) is 10.2 Å². The van der Waals surface area contributed by atoms with Crippen LogP contribution < -0.4 is 16.7 Å². The first-order chi connectivity index (χ1) is 9.63. The molecule has 3 N–H and O–H groups in total. The topological polar surface area (TPSA) is 85.3 Å². The van der Waals surface area contributed by atoms with Gasteiger partial charge in [-0.1, -0.05) is 6.07 Å². The lowest BCUT2D eigenvalue weighted by Gasteiger charge is -2.14. The van der Waals surface area contributed by atoms with Crippen molar-refractivity contribution in [1.29, 1.82) is 0 Å². The van der Waals surface area contributed by atoms with E-state index in [1.54, 1.807) is 0 Å². The monoisotopic (exact) mass is 270 g/mol. The van der Waals surface area contributed by atoms with Crippen LogP contribution in [0.2, 0.25) is 0 Å². The van der Waals surface area contributed by atoms with Crippen LogP contribution in [0.4, 0.5) is 5.69 Å². The summed E-state index contributed by atoms with van der Waals surface area (Å²) in [5, 5.41) is 2.95. The lowest BCUT2D eigenvalue weighted by Crippen LogP contribution is -2.27. The maximum absolute atomic E-state index is 12.1. The summed E-state index contributed by atoms with van der Waals surface area (Å²) in [6.07, 6.45) is 2.92. The first kappa shape index (κ1) is 12.5. The minimum Gasteiger partial charge on any atom is -0.430 e. The summed E-state index contributed by atoms with van der Waals surface area (Å²) in [6, 6.07) is 8.41. The van der Waals surface area contributed by atoms with Crippen molar-refractivity contribution >= 4 is 11.6 Å². The highest BCUT2D eigenvalue weighted by Gasteiger charge is 2.24. The molecule has 1 aliphatic carbocycles. The Morgan fingerprint density at radius 2 is 2.15 bits per heavy atom. The molecule has 0 fully saturated rings. The van der Waals surface area contributed by atoms with Crippen molar-refractivity contribution in [1.82, 2.24) is 5.32 Å². The van der Waals surface area contributed by atoms with Crippen molar-refractivity contribution in [3.05, 3.63) is 63.7 Å². The molecule has 1 aromatic heterocycles. The van der Waals surface area contributed by atoms with E-state index in [-0.39, 0.29) is 11.9 Å². The van der Waals surface area contributed by atoms with Gasteiger partial charge in [0.15, 0.2) is 0 Å². The Balaban J connectivity index is 1.78. The second kappa shape index (κ2) is 4.85. The molecule has 0 saturated heterocycles. The van der Waals surface area contributed by atoms with Gasteiger partial charge in [-0.15, -0.1) is 0 Å². The minimum atomic E-state index is -0.469. The van der Waals surface area contributed by atoms with Crippen LogP contribution in [0.15, 0.2) is 45.8 Å². The van der Waals surface area contributed by atoms with Crippen LogP contribution in [-0.4, -0.2) is 5.91 Å². The zero-order valence-electron chi connectivity index (χ0n) is 10.8. The van der Waals surface area contributed by atoms with Gasteiger partial charge in [-0.3, -0.25) is 4.79 Å². The SMILES string of the molecule is Nc1ccc2c(c1)CCC2NC(=O)c1ccc(=O)oc1. The molecule has 0 radical (unpaired) electrons. The van der Waals surface area contributed by atoms with Gasteiger partial charge in [0.1, 0.15) is 6.26 Å². The van der Waals surface area contributed by atoms with Crippen LogP contribution in [0, 0.1) is 0 Å². The first-order valence-electron chi connectivity index (χ1n) is 6.41. The summed E-state index contributed by atoms with van der Waals surface area (Å²) in [7, 11) is 0. The third kappa shape index (κ3) is 2.30. The minimum absolute atomic E-state index is 0.0231. The van der Waals surface area contributed by atoms with Crippen molar-refractivity contribution < 1.29 is 9.21 Å². The fourth-order valence-electron chi connectivity index (χ4n) is 2.52. The van der Waals surface area contributed by atoms with Crippen LogP contribution in [0.1, 0.15) is 33.9 Å². The standard InChI is InChI=1S/C15H14N2O3/c16-11-3-4-12-9(7-11)1-5-13(12)17-15(19)10-2-6-14(18)20-8-10/h2-4,6-8,13H,1,5,16H2,(H,17,19). The molecule has 2 aromatic rings. The molecule has 0 aliphatic heterocycles. The molecule has 3 rings (SSSR count). The first-order valence-corrected chi connectivity index (χ1v) is 6.41. The van der Waals surface area contributed by atoms with Gasteiger partial charge in [-0.25, -0.2) is 4.79 Å². The zero-order chi connectivity index (χ0) is 14.1. The van der Waals surface area contributed by atoms with Crippen molar-refractivity contribution in [2.24, 2.45) is 0 Å². The summed E-state index contributed by atoms with van der Waals surface area (Å²) in [4.78, 5) is 23.0. The van der Waals surface area contributed by atoms with Gasteiger partial charge < -0.3 is 15.5 Å². The van der Waals surface area contributed by atoms with Crippen LogP contribution in [0.25, 0.3) is 0 Å². The van der Waals surface area contributed by atoms with E-state index >= 15 is 0 Å². The van der Waals surface area contributed by atoms with Crippen molar-refractivity contribution in [2.45, 2.75) is 18.9 Å². The Morgan fingerprint density at radius 3 is 2.90 bits per heavy atom. The third-order valence-electron chi connectivity index (χ3n) is 3.51. The fourth-order valence-corrected chi connectivity index (χ4v) is 2.52. The van der Waals surface area contributed by atoms with E-state index in [2.05, 4.69) is 5.32 Å². The van der Waals surface area contributed by atoms with Crippen molar-refractivity contribution in [3.8, 4) is 0 Å². The van der Waals surface area contributed by atoms with Crippen molar-refractivity contribution in [3.63, 3.8) is 0 Å². The lowest BCUT2D eigenvalue weighted by atomic mass is 10.1. The number of nitrogens with two attached hydrogens (primary N) is 1. The van der Waals surface area contributed by atoms with Gasteiger partial charge in [0, 0.05) is 11.8 Å². The quantitative estimate of drug-likeness (QED) is 0.812. The molecule has 1 heterocycles. The number of carbonyl (C=O) groups excluding carboxylic acids is 1. The molecule has 0 spiro atoms. The summed E-state index contributed by atoms with van der Waals surface area (Å²) < 4.78 is 4.70. The maximum atomic E-state index is 12.1. The predicted molar refractivity (Wildman–Crippen MR) is 74.4 cm³/mol. The molecule has 1 amide bonds. The van der Waals surface area contributed by atoms with E-state index in [1.165, 1.54) is 24.0 Å². The van der Waals surface area contributed by atoms with Crippen LogP contribution >= 0.6 is 0 Å². The summed E-state index contributed by atoms with van der Waals surface area (Å²) in [5.41, 5.74) is 8.64. The number of aryl methyl sites for hydroxylation is 1. The number of rotatable bonds is 2.